The van der Waals surface area contributed by atoms with Gasteiger partial charge in [-0.1, -0.05) is 42.1 Å². The summed E-state index contributed by atoms with van der Waals surface area (Å²) in [5, 5.41) is 5.06. The van der Waals surface area contributed by atoms with Gasteiger partial charge < -0.3 is 5.32 Å². The highest BCUT2D eigenvalue weighted by Crippen LogP contribution is 2.28. The van der Waals surface area contributed by atoms with Gasteiger partial charge in [-0.3, -0.25) is 0 Å². The standard InChI is InChI=1S/C14H19Cl2N/c1-10(11-5-2-3-6-11)17-9-12-13(15)7-4-8-14(12)16/h4,7-8,10-11,17H,2-3,5-6,9H2,1H3/t10-/m0/s1. The summed E-state index contributed by atoms with van der Waals surface area (Å²) in [7, 11) is 0. The van der Waals surface area contributed by atoms with Gasteiger partial charge in [-0.15, -0.1) is 0 Å². The minimum atomic E-state index is 0.546. The number of halogens is 2. The van der Waals surface area contributed by atoms with Crippen LogP contribution in [0.4, 0.5) is 0 Å². The summed E-state index contributed by atoms with van der Waals surface area (Å²) in [5.41, 5.74) is 1.01. The predicted octanol–water partition coefficient (Wildman–Crippen LogP) is 4.66. The van der Waals surface area contributed by atoms with Gasteiger partial charge >= 0.3 is 0 Å². The molecule has 1 N–H and O–H groups in total. The van der Waals surface area contributed by atoms with Crippen molar-refractivity contribution in [1.82, 2.24) is 5.32 Å². The van der Waals surface area contributed by atoms with Gasteiger partial charge in [0.25, 0.3) is 0 Å². The van der Waals surface area contributed by atoms with Gasteiger partial charge in [-0.2, -0.15) is 0 Å². The van der Waals surface area contributed by atoms with Crippen molar-refractivity contribution in [3.05, 3.63) is 33.8 Å². The molecule has 0 spiro atoms. The smallest absolute Gasteiger partial charge is 0.0465 e. The van der Waals surface area contributed by atoms with Crippen LogP contribution in [-0.2, 0) is 6.54 Å². The summed E-state index contributed by atoms with van der Waals surface area (Å²) in [6.07, 6.45) is 5.46. The molecule has 1 aliphatic rings. The number of hydrogen-bond acceptors (Lipinski definition) is 1. The van der Waals surface area contributed by atoms with Crippen LogP contribution in [0.3, 0.4) is 0 Å². The second kappa shape index (κ2) is 6.08. The highest BCUT2D eigenvalue weighted by Gasteiger charge is 2.21. The Labute approximate surface area is 114 Å². The topological polar surface area (TPSA) is 12.0 Å². The van der Waals surface area contributed by atoms with E-state index in [1.54, 1.807) is 0 Å². The summed E-state index contributed by atoms with van der Waals surface area (Å²) in [6, 6.07) is 6.22. The van der Waals surface area contributed by atoms with Gasteiger partial charge in [0, 0.05) is 28.2 Å². The molecule has 2 rings (SSSR count). The molecule has 1 fully saturated rings. The van der Waals surface area contributed by atoms with Gasteiger partial charge in [0.1, 0.15) is 0 Å². The fourth-order valence-corrected chi connectivity index (χ4v) is 3.12. The van der Waals surface area contributed by atoms with E-state index in [0.717, 1.165) is 28.1 Å². The highest BCUT2D eigenvalue weighted by atomic mass is 35.5. The molecular weight excluding hydrogens is 253 g/mol. The molecule has 1 aromatic rings. The first-order chi connectivity index (χ1) is 8.18. The fourth-order valence-electron chi connectivity index (χ4n) is 2.59. The van der Waals surface area contributed by atoms with Crippen LogP contribution in [0.15, 0.2) is 18.2 Å². The Hall–Kier alpha value is -0.240. The number of benzene rings is 1. The van der Waals surface area contributed by atoms with Crippen LogP contribution in [0, 0.1) is 5.92 Å². The lowest BCUT2D eigenvalue weighted by molar-refractivity contribution is 0.380. The van der Waals surface area contributed by atoms with E-state index in [4.69, 9.17) is 23.2 Å². The van der Waals surface area contributed by atoms with Crippen LogP contribution in [0.5, 0.6) is 0 Å². The van der Waals surface area contributed by atoms with Crippen molar-refractivity contribution in [2.75, 3.05) is 0 Å². The Balaban J connectivity index is 1.92. The van der Waals surface area contributed by atoms with Crippen molar-refractivity contribution in [2.24, 2.45) is 5.92 Å². The van der Waals surface area contributed by atoms with Gasteiger partial charge in [-0.05, 0) is 37.8 Å². The van der Waals surface area contributed by atoms with E-state index < -0.39 is 0 Å². The molecule has 0 unspecified atom stereocenters. The molecule has 17 heavy (non-hydrogen) atoms. The summed E-state index contributed by atoms with van der Waals surface area (Å²) in [4.78, 5) is 0. The molecule has 0 saturated heterocycles. The Morgan fingerprint density at radius 1 is 1.24 bits per heavy atom. The van der Waals surface area contributed by atoms with Crippen molar-refractivity contribution < 1.29 is 0 Å². The molecule has 1 aromatic carbocycles. The molecule has 3 heteroatoms. The minimum absolute atomic E-state index is 0.546. The van der Waals surface area contributed by atoms with Gasteiger partial charge in [0.15, 0.2) is 0 Å². The second-order valence-corrected chi connectivity index (χ2v) is 5.73. The summed E-state index contributed by atoms with van der Waals surface area (Å²) in [5.74, 6) is 0.816. The maximum absolute atomic E-state index is 6.15. The van der Waals surface area contributed by atoms with Gasteiger partial charge in [0.05, 0.1) is 0 Å². The summed E-state index contributed by atoms with van der Waals surface area (Å²) >= 11 is 12.3. The Morgan fingerprint density at radius 2 is 1.82 bits per heavy atom. The van der Waals surface area contributed by atoms with Crippen LogP contribution in [0.1, 0.15) is 38.2 Å². The van der Waals surface area contributed by atoms with E-state index in [0.29, 0.717) is 6.04 Å². The number of hydrogen-bond donors (Lipinski definition) is 1. The van der Waals surface area contributed by atoms with Gasteiger partial charge in [0.2, 0.25) is 0 Å². The Kier molecular flexibility index (Phi) is 4.72. The molecule has 0 aromatic heterocycles. The number of rotatable bonds is 4. The second-order valence-electron chi connectivity index (χ2n) is 4.91. The van der Waals surface area contributed by atoms with Crippen LogP contribution in [0.25, 0.3) is 0 Å². The van der Waals surface area contributed by atoms with Crippen LogP contribution in [0.2, 0.25) is 10.0 Å². The van der Waals surface area contributed by atoms with E-state index in [9.17, 15) is 0 Å². The van der Waals surface area contributed by atoms with E-state index in [2.05, 4.69) is 12.2 Å². The molecular formula is C14H19Cl2N. The van der Waals surface area contributed by atoms with Crippen molar-refractivity contribution in [2.45, 2.75) is 45.2 Å². The lowest BCUT2D eigenvalue weighted by Gasteiger charge is -2.21. The molecule has 1 saturated carbocycles. The lowest BCUT2D eigenvalue weighted by Crippen LogP contribution is -2.31. The quantitative estimate of drug-likeness (QED) is 0.840. The van der Waals surface area contributed by atoms with Crippen molar-refractivity contribution in [1.29, 1.82) is 0 Å². The van der Waals surface area contributed by atoms with Crippen LogP contribution < -0.4 is 5.32 Å². The Morgan fingerprint density at radius 3 is 2.41 bits per heavy atom. The molecule has 0 heterocycles. The average Bonchev–Trinajstić information content (AvgIpc) is 2.81. The van der Waals surface area contributed by atoms with Crippen molar-refractivity contribution in [3.63, 3.8) is 0 Å². The third-order valence-corrected chi connectivity index (χ3v) is 4.48. The summed E-state index contributed by atoms with van der Waals surface area (Å²) < 4.78 is 0. The molecule has 0 radical (unpaired) electrons. The maximum atomic E-state index is 6.15. The minimum Gasteiger partial charge on any atom is -0.310 e. The normalized spacial score (nSPS) is 18.5. The zero-order valence-electron chi connectivity index (χ0n) is 10.2. The molecule has 94 valence electrons. The zero-order valence-corrected chi connectivity index (χ0v) is 11.7. The first-order valence-corrected chi connectivity index (χ1v) is 7.10. The fraction of sp³-hybridized carbons (Fsp3) is 0.571. The molecule has 1 atom stereocenters. The van der Waals surface area contributed by atoms with Crippen molar-refractivity contribution >= 4 is 23.2 Å². The monoisotopic (exact) mass is 271 g/mol. The van der Waals surface area contributed by atoms with E-state index in [-0.39, 0.29) is 0 Å². The molecule has 0 amide bonds. The SMILES string of the molecule is C[C@H](NCc1c(Cl)cccc1Cl)C1CCCC1. The molecule has 0 aliphatic heterocycles. The average molecular weight is 272 g/mol. The lowest BCUT2D eigenvalue weighted by atomic mass is 9.99. The largest absolute Gasteiger partial charge is 0.310 e. The van der Waals surface area contributed by atoms with E-state index in [1.165, 1.54) is 25.7 Å². The first-order valence-electron chi connectivity index (χ1n) is 6.34. The van der Waals surface area contributed by atoms with E-state index >= 15 is 0 Å². The summed E-state index contributed by atoms with van der Waals surface area (Å²) in [6.45, 7) is 3.02. The third-order valence-electron chi connectivity index (χ3n) is 3.77. The first kappa shape index (κ1) is 13.2. The highest BCUT2D eigenvalue weighted by molar-refractivity contribution is 6.35. The molecule has 0 bridgehead atoms. The Bertz CT molecular complexity index is 352. The van der Waals surface area contributed by atoms with Crippen LogP contribution in [-0.4, -0.2) is 6.04 Å². The zero-order chi connectivity index (χ0) is 12.3. The third kappa shape index (κ3) is 3.37. The maximum Gasteiger partial charge on any atom is 0.0465 e. The molecule has 1 nitrogen and oxygen atoms in total. The van der Waals surface area contributed by atoms with E-state index in [1.807, 2.05) is 18.2 Å². The van der Waals surface area contributed by atoms with Crippen LogP contribution >= 0.6 is 23.2 Å². The predicted molar refractivity (Wildman–Crippen MR) is 74.7 cm³/mol. The van der Waals surface area contributed by atoms with Gasteiger partial charge in [-0.25, -0.2) is 0 Å². The number of nitrogens with one attached hydrogen (secondary N) is 1. The van der Waals surface area contributed by atoms with Crippen molar-refractivity contribution in [3.8, 4) is 0 Å². The molecule has 1 aliphatic carbocycles.